The van der Waals surface area contributed by atoms with Gasteiger partial charge in [-0.2, -0.15) is 0 Å². The van der Waals surface area contributed by atoms with Crippen molar-refractivity contribution in [2.45, 2.75) is 32.0 Å². The highest BCUT2D eigenvalue weighted by Crippen LogP contribution is 2.19. The maximum Gasteiger partial charge on any atom is 0.244 e. The first-order valence-electron chi connectivity index (χ1n) is 7.03. The molecule has 0 radical (unpaired) electrons. The van der Waals surface area contributed by atoms with Crippen LogP contribution in [-0.2, 0) is 17.9 Å². The number of para-hydroxylation sites is 1. The van der Waals surface area contributed by atoms with Crippen LogP contribution in [0.3, 0.4) is 0 Å². The van der Waals surface area contributed by atoms with Crippen LogP contribution in [0.5, 0.6) is 0 Å². The summed E-state index contributed by atoms with van der Waals surface area (Å²) >= 11 is 0. The van der Waals surface area contributed by atoms with E-state index in [2.05, 4.69) is 16.7 Å². The minimum absolute atomic E-state index is 0.0000666. The van der Waals surface area contributed by atoms with Gasteiger partial charge in [0.1, 0.15) is 6.54 Å². The number of rotatable bonds is 6. The minimum Gasteiger partial charge on any atom is -0.341 e. The maximum atomic E-state index is 12.0. The standard InChI is InChI=1S/C16H19N3O/c20-16(18-14-5-2-1-3-6-14)12-19-10-4-7-15(19)11-17-13-8-9-13/h1-7,10,13,17H,8-9,11-12H2,(H,18,20). The van der Waals surface area contributed by atoms with Crippen LogP contribution in [0.1, 0.15) is 18.5 Å². The molecule has 2 aromatic rings. The smallest absolute Gasteiger partial charge is 0.244 e. The zero-order chi connectivity index (χ0) is 13.8. The van der Waals surface area contributed by atoms with Gasteiger partial charge in [0.05, 0.1) is 0 Å². The first kappa shape index (κ1) is 12.9. The normalized spacial score (nSPS) is 14.2. The number of anilines is 1. The number of benzene rings is 1. The van der Waals surface area contributed by atoms with Gasteiger partial charge in [0.15, 0.2) is 0 Å². The summed E-state index contributed by atoms with van der Waals surface area (Å²) in [7, 11) is 0. The third kappa shape index (κ3) is 3.48. The molecule has 1 aromatic carbocycles. The van der Waals surface area contributed by atoms with E-state index in [-0.39, 0.29) is 5.91 Å². The molecule has 3 rings (SSSR count). The summed E-state index contributed by atoms with van der Waals surface area (Å²) in [4.78, 5) is 12.0. The van der Waals surface area contributed by atoms with Crippen molar-refractivity contribution in [2.75, 3.05) is 5.32 Å². The number of amides is 1. The number of nitrogens with one attached hydrogen (secondary N) is 2. The molecular weight excluding hydrogens is 250 g/mol. The van der Waals surface area contributed by atoms with Gasteiger partial charge < -0.3 is 15.2 Å². The summed E-state index contributed by atoms with van der Waals surface area (Å²) in [6.45, 7) is 1.18. The molecule has 20 heavy (non-hydrogen) atoms. The Morgan fingerprint density at radius 2 is 1.95 bits per heavy atom. The first-order chi connectivity index (χ1) is 9.81. The molecular formula is C16H19N3O. The van der Waals surface area contributed by atoms with Crippen molar-refractivity contribution in [1.29, 1.82) is 0 Å². The Hall–Kier alpha value is -2.07. The highest BCUT2D eigenvalue weighted by molar-refractivity contribution is 5.90. The Bertz CT molecular complexity index is 572. The summed E-state index contributed by atoms with van der Waals surface area (Å²) in [5.41, 5.74) is 1.99. The molecule has 1 amide bonds. The number of nitrogens with zero attached hydrogens (tertiary/aromatic N) is 1. The zero-order valence-electron chi connectivity index (χ0n) is 11.4. The molecule has 0 spiro atoms. The predicted octanol–water partition coefficient (Wildman–Crippen LogP) is 2.38. The second kappa shape index (κ2) is 5.92. The molecule has 1 aromatic heterocycles. The largest absolute Gasteiger partial charge is 0.341 e. The van der Waals surface area contributed by atoms with Gasteiger partial charge in [-0.3, -0.25) is 4.79 Å². The lowest BCUT2D eigenvalue weighted by molar-refractivity contribution is -0.116. The average Bonchev–Trinajstić information content (AvgIpc) is 3.18. The van der Waals surface area contributed by atoms with Crippen LogP contribution in [0.2, 0.25) is 0 Å². The molecule has 4 nitrogen and oxygen atoms in total. The van der Waals surface area contributed by atoms with E-state index in [0.29, 0.717) is 12.6 Å². The molecule has 1 saturated carbocycles. The monoisotopic (exact) mass is 269 g/mol. The highest BCUT2D eigenvalue weighted by Gasteiger charge is 2.20. The van der Waals surface area contributed by atoms with Crippen LogP contribution in [0.15, 0.2) is 48.7 Å². The van der Waals surface area contributed by atoms with Crippen molar-refractivity contribution in [1.82, 2.24) is 9.88 Å². The van der Waals surface area contributed by atoms with Gasteiger partial charge >= 0.3 is 0 Å². The van der Waals surface area contributed by atoms with Crippen LogP contribution in [0.4, 0.5) is 5.69 Å². The predicted molar refractivity (Wildman–Crippen MR) is 79.4 cm³/mol. The van der Waals surface area contributed by atoms with Crippen LogP contribution in [0.25, 0.3) is 0 Å². The molecule has 1 aliphatic carbocycles. The van der Waals surface area contributed by atoms with Gasteiger partial charge in [-0.05, 0) is 37.1 Å². The van der Waals surface area contributed by atoms with Gasteiger partial charge in [0.25, 0.3) is 0 Å². The summed E-state index contributed by atoms with van der Waals surface area (Å²) < 4.78 is 1.99. The van der Waals surface area contributed by atoms with Crippen LogP contribution < -0.4 is 10.6 Å². The summed E-state index contributed by atoms with van der Waals surface area (Å²) in [5, 5.41) is 6.37. The molecule has 1 heterocycles. The van der Waals surface area contributed by atoms with E-state index in [1.54, 1.807) is 0 Å². The molecule has 0 unspecified atom stereocenters. The average molecular weight is 269 g/mol. The van der Waals surface area contributed by atoms with Crippen molar-refractivity contribution in [3.8, 4) is 0 Å². The minimum atomic E-state index is 0.0000666. The fourth-order valence-electron chi connectivity index (χ4n) is 2.18. The van der Waals surface area contributed by atoms with Crippen molar-refractivity contribution in [3.63, 3.8) is 0 Å². The van der Waals surface area contributed by atoms with Gasteiger partial charge in [0.2, 0.25) is 5.91 Å². The molecule has 0 saturated heterocycles. The Kier molecular flexibility index (Phi) is 3.83. The van der Waals surface area contributed by atoms with Gasteiger partial charge in [-0.15, -0.1) is 0 Å². The molecule has 104 valence electrons. The van der Waals surface area contributed by atoms with Crippen molar-refractivity contribution in [2.24, 2.45) is 0 Å². The van der Waals surface area contributed by atoms with E-state index in [1.807, 2.05) is 47.2 Å². The van der Waals surface area contributed by atoms with Crippen LogP contribution >= 0.6 is 0 Å². The van der Waals surface area contributed by atoms with E-state index >= 15 is 0 Å². The Morgan fingerprint density at radius 1 is 1.15 bits per heavy atom. The Labute approximate surface area is 118 Å². The number of carbonyl (C=O) groups is 1. The van der Waals surface area contributed by atoms with Gasteiger partial charge in [0, 0.05) is 30.2 Å². The SMILES string of the molecule is O=C(Cn1cccc1CNC1CC1)Nc1ccccc1. The van der Waals surface area contributed by atoms with E-state index in [1.165, 1.54) is 12.8 Å². The van der Waals surface area contributed by atoms with Crippen LogP contribution in [-0.4, -0.2) is 16.5 Å². The van der Waals surface area contributed by atoms with Crippen molar-refractivity contribution >= 4 is 11.6 Å². The number of carbonyl (C=O) groups excluding carboxylic acids is 1. The molecule has 1 aliphatic rings. The second-order valence-electron chi connectivity index (χ2n) is 5.20. The van der Waals surface area contributed by atoms with E-state index < -0.39 is 0 Å². The van der Waals surface area contributed by atoms with E-state index in [0.717, 1.165) is 17.9 Å². The fraction of sp³-hybridized carbons (Fsp3) is 0.312. The van der Waals surface area contributed by atoms with Crippen molar-refractivity contribution < 1.29 is 4.79 Å². The van der Waals surface area contributed by atoms with E-state index in [9.17, 15) is 4.79 Å². The lowest BCUT2D eigenvalue weighted by Crippen LogP contribution is -2.22. The fourth-order valence-corrected chi connectivity index (χ4v) is 2.18. The lowest BCUT2D eigenvalue weighted by atomic mass is 10.3. The zero-order valence-corrected chi connectivity index (χ0v) is 11.4. The first-order valence-corrected chi connectivity index (χ1v) is 7.03. The quantitative estimate of drug-likeness (QED) is 0.845. The lowest BCUT2D eigenvalue weighted by Gasteiger charge is -2.10. The third-order valence-electron chi connectivity index (χ3n) is 3.44. The van der Waals surface area contributed by atoms with E-state index in [4.69, 9.17) is 0 Å². The highest BCUT2D eigenvalue weighted by atomic mass is 16.1. The molecule has 4 heteroatoms. The van der Waals surface area contributed by atoms with Crippen molar-refractivity contribution in [3.05, 3.63) is 54.4 Å². The third-order valence-corrected chi connectivity index (χ3v) is 3.44. The summed E-state index contributed by atoms with van der Waals surface area (Å²) in [6.07, 6.45) is 4.50. The Morgan fingerprint density at radius 3 is 2.70 bits per heavy atom. The molecule has 0 atom stereocenters. The second-order valence-corrected chi connectivity index (χ2v) is 5.20. The number of hydrogen-bond acceptors (Lipinski definition) is 2. The molecule has 0 aliphatic heterocycles. The Balaban J connectivity index is 1.56. The van der Waals surface area contributed by atoms with Crippen LogP contribution in [0, 0.1) is 0 Å². The van der Waals surface area contributed by atoms with Gasteiger partial charge in [-0.25, -0.2) is 0 Å². The number of hydrogen-bond donors (Lipinski definition) is 2. The topological polar surface area (TPSA) is 46.1 Å². The maximum absolute atomic E-state index is 12.0. The number of aromatic nitrogens is 1. The van der Waals surface area contributed by atoms with Gasteiger partial charge in [-0.1, -0.05) is 18.2 Å². The molecule has 0 bridgehead atoms. The summed E-state index contributed by atoms with van der Waals surface area (Å²) in [6, 6.07) is 14.3. The molecule has 1 fully saturated rings. The summed E-state index contributed by atoms with van der Waals surface area (Å²) in [5.74, 6) is 0.0000666. The molecule has 2 N–H and O–H groups in total.